The SMILES string of the molecule is COc1ccc(NS(=O)(=O)c2cc(-c3c(C)nn4c3NC(=O)CCC4=O)ccc2C)cc1Cl. The van der Waals surface area contributed by atoms with E-state index in [4.69, 9.17) is 16.3 Å². The molecule has 4 rings (SSSR count). The number of benzene rings is 2. The molecule has 2 N–H and O–H groups in total. The van der Waals surface area contributed by atoms with Gasteiger partial charge in [0.15, 0.2) is 0 Å². The molecule has 2 heterocycles. The molecule has 0 radical (unpaired) electrons. The van der Waals surface area contributed by atoms with Gasteiger partial charge in [0.25, 0.3) is 10.0 Å². The van der Waals surface area contributed by atoms with Gasteiger partial charge >= 0.3 is 0 Å². The molecule has 1 aliphatic heterocycles. The van der Waals surface area contributed by atoms with Gasteiger partial charge in [-0.15, -0.1) is 0 Å². The molecule has 0 saturated heterocycles. The molecular formula is C22H21ClN4O5S. The van der Waals surface area contributed by atoms with E-state index < -0.39 is 10.0 Å². The van der Waals surface area contributed by atoms with Crippen LogP contribution >= 0.6 is 11.6 Å². The number of methoxy groups -OCH3 is 1. The number of nitrogens with one attached hydrogen (secondary N) is 2. The Labute approximate surface area is 195 Å². The summed E-state index contributed by atoms with van der Waals surface area (Å²) in [4.78, 5) is 24.5. The Morgan fingerprint density at radius 3 is 2.58 bits per heavy atom. The molecule has 172 valence electrons. The fourth-order valence-corrected chi connectivity index (χ4v) is 5.25. The van der Waals surface area contributed by atoms with Crippen LogP contribution in [-0.2, 0) is 14.8 Å². The number of hydrogen-bond donors (Lipinski definition) is 2. The van der Waals surface area contributed by atoms with Crippen LogP contribution in [0.1, 0.15) is 28.9 Å². The fraction of sp³-hybridized carbons (Fsp3) is 0.227. The van der Waals surface area contributed by atoms with Crippen LogP contribution in [0.3, 0.4) is 0 Å². The number of carbonyl (C=O) groups excluding carboxylic acids is 2. The molecule has 0 fully saturated rings. The van der Waals surface area contributed by atoms with Gasteiger partial charge in [-0.25, -0.2) is 8.42 Å². The van der Waals surface area contributed by atoms with Crippen molar-refractivity contribution in [1.29, 1.82) is 0 Å². The van der Waals surface area contributed by atoms with Crippen LogP contribution < -0.4 is 14.8 Å². The minimum Gasteiger partial charge on any atom is -0.495 e. The van der Waals surface area contributed by atoms with Gasteiger partial charge in [-0.05, 0) is 49.2 Å². The summed E-state index contributed by atoms with van der Waals surface area (Å²) < 4.78 is 35.2. The smallest absolute Gasteiger partial charge is 0.262 e. The standard InChI is InChI=1S/C22H21ClN4O5S/c1-12-4-5-14(21-13(2)25-27-20(29)9-8-19(28)24-22(21)27)10-18(12)33(30,31)26-15-6-7-17(32-3)16(23)11-15/h4-7,10-11,26H,8-9H2,1-3H3,(H,24,28). The Hall–Kier alpha value is -3.37. The van der Waals surface area contributed by atoms with Crippen LogP contribution in [0.4, 0.5) is 11.5 Å². The number of ether oxygens (including phenoxy) is 1. The third-order valence-electron chi connectivity index (χ3n) is 5.29. The fourth-order valence-electron chi connectivity index (χ4n) is 3.67. The van der Waals surface area contributed by atoms with Gasteiger partial charge in [0.2, 0.25) is 11.8 Å². The van der Waals surface area contributed by atoms with E-state index in [0.29, 0.717) is 28.1 Å². The highest BCUT2D eigenvalue weighted by Crippen LogP contribution is 2.36. The van der Waals surface area contributed by atoms with Crippen molar-refractivity contribution in [2.24, 2.45) is 0 Å². The van der Waals surface area contributed by atoms with Crippen molar-refractivity contribution >= 4 is 44.9 Å². The van der Waals surface area contributed by atoms with Crippen LogP contribution in [0.2, 0.25) is 5.02 Å². The number of anilines is 2. The number of hydrogen-bond acceptors (Lipinski definition) is 6. The van der Waals surface area contributed by atoms with E-state index in [1.807, 2.05) is 0 Å². The topological polar surface area (TPSA) is 119 Å². The van der Waals surface area contributed by atoms with Crippen molar-refractivity contribution in [2.75, 3.05) is 17.1 Å². The van der Waals surface area contributed by atoms with E-state index in [0.717, 1.165) is 0 Å². The Balaban J connectivity index is 1.77. The first-order valence-electron chi connectivity index (χ1n) is 10.0. The van der Waals surface area contributed by atoms with E-state index in [1.165, 1.54) is 23.9 Å². The van der Waals surface area contributed by atoms with Gasteiger partial charge in [-0.1, -0.05) is 23.7 Å². The Bertz CT molecular complexity index is 1400. The molecule has 0 spiro atoms. The Morgan fingerprint density at radius 1 is 1.12 bits per heavy atom. The number of aryl methyl sites for hydroxylation is 2. The van der Waals surface area contributed by atoms with Crippen molar-refractivity contribution in [3.8, 4) is 16.9 Å². The number of sulfonamides is 1. The number of nitrogens with zero attached hydrogens (tertiary/aromatic N) is 2. The maximum Gasteiger partial charge on any atom is 0.262 e. The normalized spacial score (nSPS) is 13.8. The summed E-state index contributed by atoms with van der Waals surface area (Å²) in [5.74, 6) is 0.0471. The molecule has 2 aromatic carbocycles. The third kappa shape index (κ3) is 4.31. The zero-order chi connectivity index (χ0) is 23.9. The molecule has 0 atom stereocenters. The minimum absolute atomic E-state index is 0.0394. The summed E-state index contributed by atoms with van der Waals surface area (Å²) in [7, 11) is -2.52. The highest BCUT2D eigenvalue weighted by atomic mass is 35.5. The maximum absolute atomic E-state index is 13.2. The van der Waals surface area contributed by atoms with Crippen LogP contribution in [-0.4, -0.2) is 37.1 Å². The van der Waals surface area contributed by atoms with Gasteiger partial charge in [0, 0.05) is 18.4 Å². The predicted octanol–water partition coefficient (Wildman–Crippen LogP) is 4.00. The van der Waals surface area contributed by atoms with Crippen molar-refractivity contribution in [1.82, 2.24) is 9.78 Å². The number of amides is 1. The number of aromatic nitrogens is 2. The number of carbonyl (C=O) groups is 2. The van der Waals surface area contributed by atoms with Crippen molar-refractivity contribution in [3.63, 3.8) is 0 Å². The number of fused-ring (bicyclic) bond motifs is 1. The third-order valence-corrected chi connectivity index (χ3v) is 7.11. The predicted molar refractivity (Wildman–Crippen MR) is 124 cm³/mol. The second-order valence-electron chi connectivity index (χ2n) is 7.60. The monoisotopic (exact) mass is 488 g/mol. The van der Waals surface area contributed by atoms with E-state index >= 15 is 0 Å². The molecule has 1 amide bonds. The highest BCUT2D eigenvalue weighted by Gasteiger charge is 2.27. The van der Waals surface area contributed by atoms with E-state index in [2.05, 4.69) is 15.1 Å². The van der Waals surface area contributed by atoms with Crippen LogP contribution in [0, 0.1) is 13.8 Å². The lowest BCUT2D eigenvalue weighted by Crippen LogP contribution is -2.15. The van der Waals surface area contributed by atoms with Gasteiger partial charge in [-0.2, -0.15) is 9.78 Å². The average molecular weight is 489 g/mol. The molecular weight excluding hydrogens is 468 g/mol. The molecule has 0 unspecified atom stereocenters. The molecule has 0 bridgehead atoms. The molecule has 33 heavy (non-hydrogen) atoms. The molecule has 1 aliphatic rings. The maximum atomic E-state index is 13.2. The van der Waals surface area contributed by atoms with Gasteiger partial charge in [0.05, 0.1) is 28.4 Å². The summed E-state index contributed by atoms with van der Waals surface area (Å²) in [5, 5.41) is 7.26. The lowest BCUT2D eigenvalue weighted by Gasteiger charge is -2.14. The summed E-state index contributed by atoms with van der Waals surface area (Å²) in [6.45, 7) is 3.37. The van der Waals surface area contributed by atoms with E-state index in [9.17, 15) is 18.0 Å². The average Bonchev–Trinajstić information content (AvgIpc) is 3.00. The summed E-state index contributed by atoms with van der Waals surface area (Å²) in [5.41, 5.74) is 2.27. The zero-order valence-corrected chi connectivity index (χ0v) is 19.7. The van der Waals surface area contributed by atoms with E-state index in [1.54, 1.807) is 38.1 Å². The number of rotatable bonds is 5. The molecule has 9 nitrogen and oxygen atoms in total. The van der Waals surface area contributed by atoms with Crippen LogP contribution in [0.15, 0.2) is 41.3 Å². The Morgan fingerprint density at radius 2 is 1.88 bits per heavy atom. The lowest BCUT2D eigenvalue weighted by molar-refractivity contribution is -0.116. The van der Waals surface area contributed by atoms with Gasteiger partial charge < -0.3 is 10.1 Å². The van der Waals surface area contributed by atoms with Crippen LogP contribution in [0.25, 0.3) is 11.1 Å². The zero-order valence-electron chi connectivity index (χ0n) is 18.1. The van der Waals surface area contributed by atoms with Crippen molar-refractivity contribution in [3.05, 3.63) is 52.7 Å². The second kappa shape index (κ2) is 8.53. The van der Waals surface area contributed by atoms with Crippen LogP contribution in [0.5, 0.6) is 5.75 Å². The summed E-state index contributed by atoms with van der Waals surface area (Å²) in [6.07, 6.45) is 0.101. The lowest BCUT2D eigenvalue weighted by atomic mass is 10.0. The van der Waals surface area contributed by atoms with Crippen molar-refractivity contribution in [2.45, 2.75) is 31.6 Å². The highest BCUT2D eigenvalue weighted by molar-refractivity contribution is 7.92. The quantitative estimate of drug-likeness (QED) is 0.560. The molecule has 11 heteroatoms. The largest absolute Gasteiger partial charge is 0.495 e. The first kappa shape index (κ1) is 22.8. The number of halogens is 1. The van der Waals surface area contributed by atoms with E-state index in [-0.39, 0.29) is 46.1 Å². The van der Waals surface area contributed by atoms with Gasteiger partial charge in [0.1, 0.15) is 11.6 Å². The molecule has 3 aromatic rings. The Kier molecular flexibility index (Phi) is 5.89. The first-order valence-corrected chi connectivity index (χ1v) is 11.9. The summed E-state index contributed by atoms with van der Waals surface area (Å²) >= 11 is 6.12. The molecule has 0 aliphatic carbocycles. The first-order chi connectivity index (χ1) is 15.6. The summed E-state index contributed by atoms with van der Waals surface area (Å²) in [6, 6.07) is 9.45. The van der Waals surface area contributed by atoms with Gasteiger partial charge in [-0.3, -0.25) is 14.3 Å². The minimum atomic E-state index is -3.99. The second-order valence-corrected chi connectivity index (χ2v) is 9.66. The molecule has 1 aromatic heterocycles. The van der Waals surface area contributed by atoms with Crippen molar-refractivity contribution < 1.29 is 22.7 Å². The molecule has 0 saturated carbocycles.